The van der Waals surface area contributed by atoms with Crippen LogP contribution in [-0.2, 0) is 9.53 Å². The number of rotatable bonds is 12. The molecular weight excluding hydrogens is 483 g/mol. The average molecular weight is 519 g/mol. The Kier molecular flexibility index (Phi) is 10.8. The third-order valence-corrected chi connectivity index (χ3v) is 6.04. The fourth-order valence-electron chi connectivity index (χ4n) is 3.99. The Morgan fingerprint density at radius 2 is 1.84 bits per heavy atom. The van der Waals surface area contributed by atoms with Crippen molar-refractivity contribution in [1.82, 2.24) is 4.90 Å². The number of anilines is 4. The number of piperazine rings is 1. The van der Waals surface area contributed by atoms with Gasteiger partial charge in [0.2, 0.25) is 5.91 Å². The molecule has 1 heterocycles. The molecule has 0 spiro atoms. The van der Waals surface area contributed by atoms with Crippen molar-refractivity contribution in [3.8, 4) is 12.3 Å². The first-order chi connectivity index (χ1) is 18.4. The van der Waals surface area contributed by atoms with E-state index in [2.05, 4.69) is 43.2 Å². The Morgan fingerprint density at radius 3 is 2.45 bits per heavy atom. The maximum absolute atomic E-state index is 12.6. The Bertz CT molecular complexity index is 1180. The minimum Gasteiger partial charge on any atom is -0.493 e. The number of allylic oxidation sites excluding steroid dienone is 2. The summed E-state index contributed by atoms with van der Waals surface area (Å²) in [6, 6.07) is 15.3. The molecule has 38 heavy (non-hydrogen) atoms. The van der Waals surface area contributed by atoms with Crippen LogP contribution in [0.15, 0.2) is 77.6 Å². The number of alkyl halides is 1. The molecule has 1 atom stereocenters. The topological polar surface area (TPSA) is 81.2 Å². The minimum absolute atomic E-state index is 0.283. The highest BCUT2D eigenvalue weighted by Crippen LogP contribution is 2.21. The zero-order valence-corrected chi connectivity index (χ0v) is 21.9. The van der Waals surface area contributed by atoms with E-state index in [1.54, 1.807) is 25.5 Å². The summed E-state index contributed by atoms with van der Waals surface area (Å²) in [7, 11) is 1.56. The SMILES string of the molecule is C#CC(/N=C\C(OC)=C(/C)Nc1cccc(NC(=O)C=C)c1)Nc1ccc(N2CCN(CCF)CC2)cc1. The second kappa shape index (κ2) is 14.4. The predicted octanol–water partition coefficient (Wildman–Crippen LogP) is 4.33. The van der Waals surface area contributed by atoms with Gasteiger partial charge >= 0.3 is 0 Å². The number of nitrogens with zero attached hydrogens (tertiary/aromatic N) is 3. The number of carbonyl (C=O) groups excluding carboxylic acids is 1. The zero-order chi connectivity index (χ0) is 27.3. The lowest BCUT2D eigenvalue weighted by Crippen LogP contribution is -2.47. The van der Waals surface area contributed by atoms with E-state index < -0.39 is 6.17 Å². The first-order valence-corrected chi connectivity index (χ1v) is 12.4. The van der Waals surface area contributed by atoms with Crippen molar-refractivity contribution in [3.63, 3.8) is 0 Å². The van der Waals surface area contributed by atoms with Crippen LogP contribution in [0, 0.1) is 12.3 Å². The standard InChI is InChI=1S/C29H35FN6O2/c1-5-28(33-23-10-12-26(13-11-23)36-18-16-35(15-14-30)17-19-36)31-21-27(38-4)22(3)32-24-8-7-9-25(20-24)34-29(37)6-2/h1,6-13,20-21,28,32-33H,2,14-19H2,3-4H3,(H,34,37)/b27-22-,31-21-. The molecule has 2 aromatic carbocycles. The molecule has 0 aromatic heterocycles. The molecular formula is C29H35FN6O2. The largest absolute Gasteiger partial charge is 0.493 e. The van der Waals surface area contributed by atoms with Crippen LogP contribution in [0.4, 0.5) is 27.1 Å². The minimum atomic E-state index is -0.597. The molecule has 2 aromatic rings. The van der Waals surface area contributed by atoms with E-state index in [-0.39, 0.29) is 12.6 Å². The smallest absolute Gasteiger partial charge is 0.247 e. The Hall–Kier alpha value is -4.29. The van der Waals surface area contributed by atoms with E-state index in [9.17, 15) is 9.18 Å². The number of hydrogen-bond acceptors (Lipinski definition) is 7. The van der Waals surface area contributed by atoms with Crippen LogP contribution in [-0.4, -0.2) is 69.7 Å². The van der Waals surface area contributed by atoms with Crippen LogP contribution >= 0.6 is 0 Å². The van der Waals surface area contributed by atoms with E-state index >= 15 is 0 Å². The van der Waals surface area contributed by atoms with E-state index in [1.165, 1.54) is 6.08 Å². The summed E-state index contributed by atoms with van der Waals surface area (Å²) in [4.78, 5) is 20.5. The molecule has 1 fully saturated rings. The van der Waals surface area contributed by atoms with Crippen LogP contribution in [0.2, 0.25) is 0 Å². The van der Waals surface area contributed by atoms with E-state index in [0.29, 0.717) is 18.0 Å². The van der Waals surface area contributed by atoms with Gasteiger partial charge in [-0.3, -0.25) is 14.7 Å². The van der Waals surface area contributed by atoms with Crippen molar-refractivity contribution in [1.29, 1.82) is 0 Å². The van der Waals surface area contributed by atoms with Gasteiger partial charge < -0.3 is 25.6 Å². The first kappa shape index (κ1) is 28.3. The molecule has 1 unspecified atom stereocenters. The summed E-state index contributed by atoms with van der Waals surface area (Å²) >= 11 is 0. The number of carbonyl (C=O) groups is 1. The molecule has 0 saturated carbocycles. The van der Waals surface area contributed by atoms with Crippen LogP contribution in [0.1, 0.15) is 6.92 Å². The molecule has 1 saturated heterocycles. The number of terminal acetylenes is 1. The third kappa shape index (κ3) is 8.39. The Balaban J connectivity index is 1.60. The van der Waals surface area contributed by atoms with Gasteiger partial charge in [0.05, 0.1) is 19.0 Å². The van der Waals surface area contributed by atoms with Crippen molar-refractivity contribution >= 4 is 34.9 Å². The second-order valence-corrected chi connectivity index (χ2v) is 8.65. The van der Waals surface area contributed by atoms with Gasteiger partial charge in [0.15, 0.2) is 11.9 Å². The van der Waals surface area contributed by atoms with Crippen LogP contribution < -0.4 is 20.9 Å². The zero-order valence-electron chi connectivity index (χ0n) is 21.9. The van der Waals surface area contributed by atoms with Crippen molar-refractivity contribution < 1.29 is 13.9 Å². The van der Waals surface area contributed by atoms with E-state index in [0.717, 1.165) is 48.9 Å². The maximum atomic E-state index is 12.6. The van der Waals surface area contributed by atoms with E-state index in [4.69, 9.17) is 11.2 Å². The number of benzene rings is 2. The van der Waals surface area contributed by atoms with Gasteiger partial charge in [-0.15, -0.1) is 6.42 Å². The third-order valence-electron chi connectivity index (χ3n) is 6.04. The van der Waals surface area contributed by atoms with Crippen molar-refractivity contribution in [3.05, 3.63) is 72.6 Å². The molecule has 1 amide bonds. The first-order valence-electron chi connectivity index (χ1n) is 12.4. The van der Waals surface area contributed by atoms with Gasteiger partial charge in [0, 0.05) is 55.5 Å². The monoisotopic (exact) mass is 518 g/mol. The second-order valence-electron chi connectivity index (χ2n) is 8.65. The lowest BCUT2D eigenvalue weighted by atomic mass is 10.2. The number of ether oxygens (including phenoxy) is 1. The van der Waals surface area contributed by atoms with Gasteiger partial charge in [0.1, 0.15) is 6.67 Å². The molecule has 0 radical (unpaired) electrons. The molecule has 1 aliphatic rings. The number of hydrogen-bond donors (Lipinski definition) is 3. The van der Waals surface area contributed by atoms with Crippen LogP contribution in [0.5, 0.6) is 0 Å². The molecule has 3 rings (SSSR count). The predicted molar refractivity (Wildman–Crippen MR) is 154 cm³/mol. The summed E-state index contributed by atoms with van der Waals surface area (Å²) in [6.45, 7) is 8.98. The quantitative estimate of drug-likeness (QED) is 0.168. The Labute approximate surface area is 224 Å². The average Bonchev–Trinajstić information content (AvgIpc) is 2.94. The molecule has 200 valence electrons. The summed E-state index contributed by atoms with van der Waals surface area (Å²) in [5.74, 6) is 2.87. The molecule has 0 aliphatic carbocycles. The summed E-state index contributed by atoms with van der Waals surface area (Å²) in [5, 5.41) is 9.21. The van der Waals surface area contributed by atoms with Crippen molar-refractivity contribution in [2.45, 2.75) is 13.1 Å². The lowest BCUT2D eigenvalue weighted by Gasteiger charge is -2.35. The highest BCUT2D eigenvalue weighted by atomic mass is 19.1. The summed E-state index contributed by atoms with van der Waals surface area (Å²) in [6.07, 6.45) is 7.92. The highest BCUT2D eigenvalue weighted by molar-refractivity contribution is 5.99. The van der Waals surface area contributed by atoms with Gasteiger partial charge in [0.25, 0.3) is 0 Å². The number of methoxy groups -OCH3 is 1. The fraction of sp³-hybridized carbons (Fsp3) is 0.310. The molecule has 9 heteroatoms. The summed E-state index contributed by atoms with van der Waals surface area (Å²) in [5.41, 5.74) is 4.09. The number of nitrogens with one attached hydrogen (secondary N) is 3. The van der Waals surface area contributed by atoms with Gasteiger partial charge in [-0.25, -0.2) is 4.39 Å². The maximum Gasteiger partial charge on any atom is 0.247 e. The lowest BCUT2D eigenvalue weighted by molar-refractivity contribution is -0.111. The fourth-order valence-corrected chi connectivity index (χ4v) is 3.99. The number of halogens is 1. The van der Waals surface area contributed by atoms with Crippen LogP contribution in [0.25, 0.3) is 0 Å². The summed E-state index contributed by atoms with van der Waals surface area (Å²) < 4.78 is 18.1. The number of aliphatic imine (C=N–C) groups is 1. The Morgan fingerprint density at radius 1 is 1.16 bits per heavy atom. The van der Waals surface area contributed by atoms with Crippen molar-refractivity contribution in [2.75, 3.05) is 67.4 Å². The molecule has 0 bridgehead atoms. The highest BCUT2D eigenvalue weighted by Gasteiger charge is 2.16. The van der Waals surface area contributed by atoms with Crippen LogP contribution in [0.3, 0.4) is 0 Å². The van der Waals surface area contributed by atoms with Gasteiger partial charge in [-0.1, -0.05) is 18.6 Å². The van der Waals surface area contributed by atoms with Crippen molar-refractivity contribution in [2.24, 2.45) is 4.99 Å². The number of amides is 1. The van der Waals surface area contributed by atoms with E-state index in [1.807, 2.05) is 43.3 Å². The molecule has 1 aliphatic heterocycles. The van der Waals surface area contributed by atoms with Gasteiger partial charge in [-0.2, -0.15) is 0 Å². The molecule has 8 nitrogen and oxygen atoms in total. The normalized spacial score (nSPS) is 15.3. The van der Waals surface area contributed by atoms with Gasteiger partial charge in [-0.05, 0) is 55.5 Å². The molecule has 3 N–H and O–H groups in total.